The first-order valence-electron chi connectivity index (χ1n) is 4.73. The second kappa shape index (κ2) is 6.57. The van der Waals surface area contributed by atoms with Crippen molar-refractivity contribution in [2.75, 3.05) is 0 Å². The van der Waals surface area contributed by atoms with Crippen LogP contribution in [0.15, 0.2) is 0 Å². The molecule has 4 nitrogen and oxygen atoms in total. The summed E-state index contributed by atoms with van der Waals surface area (Å²) in [5, 5.41) is 10.4. The second-order valence-electron chi connectivity index (χ2n) is 3.26. The molecule has 0 N–H and O–H groups in total. The summed E-state index contributed by atoms with van der Waals surface area (Å²) in [6.07, 6.45) is 4.33. The summed E-state index contributed by atoms with van der Waals surface area (Å²) in [5.41, 5.74) is 0. The van der Waals surface area contributed by atoms with E-state index in [1.54, 1.807) is 0 Å². The number of nitro groups is 1. The van der Waals surface area contributed by atoms with Crippen LogP contribution in [0.5, 0.6) is 0 Å². The third-order valence-corrected chi connectivity index (χ3v) is 2.05. The van der Waals surface area contributed by atoms with Gasteiger partial charge in [0, 0.05) is 18.3 Å². The van der Waals surface area contributed by atoms with E-state index in [9.17, 15) is 14.9 Å². The normalized spacial score (nSPS) is 12.5. The maximum Gasteiger partial charge on any atom is 0.269 e. The zero-order valence-corrected chi connectivity index (χ0v) is 8.28. The molecule has 0 saturated carbocycles. The van der Waals surface area contributed by atoms with E-state index in [-0.39, 0.29) is 5.78 Å². The van der Waals surface area contributed by atoms with Crippen molar-refractivity contribution in [2.45, 2.75) is 52.0 Å². The maximum atomic E-state index is 10.8. The van der Waals surface area contributed by atoms with Crippen LogP contribution in [0, 0.1) is 10.1 Å². The molecule has 0 aromatic heterocycles. The van der Waals surface area contributed by atoms with Crippen LogP contribution in [0.25, 0.3) is 0 Å². The first-order valence-corrected chi connectivity index (χ1v) is 4.73. The highest BCUT2D eigenvalue weighted by Crippen LogP contribution is 2.08. The zero-order chi connectivity index (χ0) is 10.3. The summed E-state index contributed by atoms with van der Waals surface area (Å²) in [6, 6.07) is -0.975. The van der Waals surface area contributed by atoms with E-state index in [4.69, 9.17) is 0 Å². The van der Waals surface area contributed by atoms with Crippen molar-refractivity contribution in [3.63, 3.8) is 0 Å². The van der Waals surface area contributed by atoms with Crippen LogP contribution in [0.2, 0.25) is 0 Å². The van der Waals surface area contributed by atoms with Gasteiger partial charge in [-0.15, -0.1) is 0 Å². The fraction of sp³-hybridized carbons (Fsp3) is 0.889. The summed E-state index contributed by atoms with van der Waals surface area (Å²) < 4.78 is 0. The van der Waals surface area contributed by atoms with Gasteiger partial charge in [0.05, 0.1) is 0 Å². The van der Waals surface area contributed by atoms with Gasteiger partial charge in [-0.1, -0.05) is 26.2 Å². The van der Waals surface area contributed by atoms with E-state index in [2.05, 4.69) is 6.92 Å². The van der Waals surface area contributed by atoms with Crippen molar-refractivity contribution >= 4 is 5.78 Å². The lowest BCUT2D eigenvalue weighted by molar-refractivity contribution is -0.508. The van der Waals surface area contributed by atoms with Crippen molar-refractivity contribution < 1.29 is 9.72 Å². The lowest BCUT2D eigenvalue weighted by Gasteiger charge is -2.04. The third kappa shape index (κ3) is 5.33. The Bertz CT molecular complexity index is 166. The number of hydrogen-bond acceptors (Lipinski definition) is 3. The number of Topliss-reactive ketones (excluding diaryl/α,β-unsaturated/α-hetero) is 1. The van der Waals surface area contributed by atoms with Gasteiger partial charge in [-0.05, 0) is 6.42 Å². The zero-order valence-electron chi connectivity index (χ0n) is 8.28. The molecule has 0 aromatic carbocycles. The molecule has 0 spiro atoms. The van der Waals surface area contributed by atoms with Gasteiger partial charge in [0.1, 0.15) is 0 Å². The quantitative estimate of drug-likeness (QED) is 0.348. The van der Waals surface area contributed by atoms with E-state index < -0.39 is 11.0 Å². The molecule has 1 unspecified atom stereocenters. The number of carbonyl (C=O) groups excluding carboxylic acids is 1. The van der Waals surface area contributed by atoms with E-state index in [0.717, 1.165) is 25.7 Å². The number of carbonyl (C=O) groups is 1. The Balaban J connectivity index is 3.71. The number of hydrogen-bond donors (Lipinski definition) is 0. The van der Waals surface area contributed by atoms with Crippen LogP contribution >= 0.6 is 0 Å². The van der Waals surface area contributed by atoms with Crippen LogP contribution in [-0.4, -0.2) is 16.7 Å². The van der Waals surface area contributed by atoms with E-state index in [1.165, 1.54) is 6.92 Å². The largest absolute Gasteiger partial charge is 0.292 e. The average molecular weight is 187 g/mol. The highest BCUT2D eigenvalue weighted by molar-refractivity contribution is 5.80. The van der Waals surface area contributed by atoms with E-state index >= 15 is 0 Å². The first-order chi connectivity index (χ1) is 6.09. The van der Waals surface area contributed by atoms with E-state index in [0.29, 0.717) is 6.42 Å². The van der Waals surface area contributed by atoms with Gasteiger partial charge in [0.15, 0.2) is 0 Å². The molecule has 0 fully saturated rings. The van der Waals surface area contributed by atoms with Gasteiger partial charge in [-0.3, -0.25) is 14.9 Å². The minimum Gasteiger partial charge on any atom is -0.292 e. The number of nitrogens with zero attached hydrogens (tertiary/aromatic N) is 1. The summed E-state index contributed by atoms with van der Waals surface area (Å²) in [4.78, 5) is 20.7. The minimum atomic E-state index is -0.975. The molecule has 0 aliphatic rings. The molecule has 0 saturated heterocycles. The summed E-state index contributed by atoms with van der Waals surface area (Å²) >= 11 is 0. The molecule has 0 aliphatic heterocycles. The fourth-order valence-electron chi connectivity index (χ4n) is 1.22. The van der Waals surface area contributed by atoms with Gasteiger partial charge in [0.25, 0.3) is 6.04 Å². The Morgan fingerprint density at radius 2 is 2.00 bits per heavy atom. The standard InChI is InChI=1S/C9H17NO3/c1-3-4-5-6-7-9(8(2)11)10(12)13/h9H,3-7H2,1-2H3. The van der Waals surface area contributed by atoms with Crippen molar-refractivity contribution in [1.29, 1.82) is 0 Å². The smallest absolute Gasteiger partial charge is 0.269 e. The maximum absolute atomic E-state index is 10.8. The molecule has 0 bridgehead atoms. The van der Waals surface area contributed by atoms with E-state index in [1.807, 2.05) is 0 Å². The molecule has 0 aliphatic carbocycles. The van der Waals surface area contributed by atoms with Crippen LogP contribution in [-0.2, 0) is 4.79 Å². The Morgan fingerprint density at radius 1 is 1.38 bits per heavy atom. The molecule has 0 radical (unpaired) electrons. The SMILES string of the molecule is CCCCCCC(C(C)=O)[N+](=O)[O-]. The highest BCUT2D eigenvalue weighted by Gasteiger charge is 2.24. The van der Waals surface area contributed by atoms with Crippen molar-refractivity contribution in [2.24, 2.45) is 0 Å². The summed E-state index contributed by atoms with van der Waals surface area (Å²) in [5.74, 6) is -0.332. The predicted octanol–water partition coefficient (Wildman–Crippen LogP) is 2.19. The van der Waals surface area contributed by atoms with Crippen LogP contribution in [0.3, 0.4) is 0 Å². The summed E-state index contributed by atoms with van der Waals surface area (Å²) in [6.45, 7) is 3.36. The van der Waals surface area contributed by atoms with Crippen LogP contribution in [0.1, 0.15) is 46.0 Å². The Labute approximate surface area is 78.5 Å². The van der Waals surface area contributed by atoms with Gasteiger partial charge in [-0.2, -0.15) is 0 Å². The van der Waals surface area contributed by atoms with Gasteiger partial charge >= 0.3 is 0 Å². The molecule has 0 aromatic rings. The fourth-order valence-corrected chi connectivity index (χ4v) is 1.22. The van der Waals surface area contributed by atoms with Crippen molar-refractivity contribution in [1.82, 2.24) is 0 Å². The van der Waals surface area contributed by atoms with Crippen LogP contribution in [0.4, 0.5) is 0 Å². The molecule has 0 heterocycles. The number of unbranched alkanes of at least 4 members (excludes halogenated alkanes) is 3. The summed E-state index contributed by atoms with van der Waals surface area (Å²) in [7, 11) is 0. The van der Waals surface area contributed by atoms with Crippen LogP contribution < -0.4 is 0 Å². The molecule has 4 heteroatoms. The molecule has 1 atom stereocenters. The lowest BCUT2D eigenvalue weighted by atomic mass is 10.1. The molecule has 0 amide bonds. The number of ketones is 1. The van der Waals surface area contributed by atoms with Crippen molar-refractivity contribution in [3.8, 4) is 0 Å². The average Bonchev–Trinajstić information content (AvgIpc) is 2.02. The van der Waals surface area contributed by atoms with Crippen molar-refractivity contribution in [3.05, 3.63) is 10.1 Å². The monoisotopic (exact) mass is 187 g/mol. The van der Waals surface area contributed by atoms with Gasteiger partial charge in [0.2, 0.25) is 5.78 Å². The molecule has 76 valence electrons. The molecule has 0 rings (SSSR count). The number of rotatable bonds is 7. The van der Waals surface area contributed by atoms with Gasteiger partial charge in [-0.25, -0.2) is 0 Å². The van der Waals surface area contributed by atoms with Gasteiger partial charge < -0.3 is 0 Å². The molecule has 13 heavy (non-hydrogen) atoms. The molecular formula is C9H17NO3. The lowest BCUT2D eigenvalue weighted by Crippen LogP contribution is -2.27. The minimum absolute atomic E-state index is 0.332. The molecular weight excluding hydrogens is 170 g/mol. The first kappa shape index (κ1) is 12.1. The third-order valence-electron chi connectivity index (χ3n) is 2.05. The predicted molar refractivity (Wildman–Crippen MR) is 50.2 cm³/mol. The topological polar surface area (TPSA) is 60.2 Å². The Hall–Kier alpha value is -0.930. The Kier molecular flexibility index (Phi) is 6.10. The highest BCUT2D eigenvalue weighted by atomic mass is 16.6. The Morgan fingerprint density at radius 3 is 2.38 bits per heavy atom. The second-order valence-corrected chi connectivity index (χ2v) is 3.26.